The summed E-state index contributed by atoms with van der Waals surface area (Å²) in [5.74, 6) is -1.00. The predicted octanol–water partition coefficient (Wildman–Crippen LogP) is 0.933. The second-order valence-corrected chi connectivity index (χ2v) is 4.85. The maximum atomic E-state index is 11.2. The van der Waals surface area contributed by atoms with Crippen LogP contribution in [0.5, 0.6) is 0 Å². The first-order valence-corrected chi connectivity index (χ1v) is 5.71. The summed E-state index contributed by atoms with van der Waals surface area (Å²) in [5.41, 5.74) is 6.91. The Kier molecular flexibility index (Phi) is 2.59. The van der Waals surface area contributed by atoms with Crippen molar-refractivity contribution < 1.29 is 14.7 Å². The molecule has 2 rings (SSSR count). The molecule has 1 aromatic rings. The molecule has 86 valence electrons. The zero-order valence-corrected chi connectivity index (χ0v) is 9.63. The van der Waals surface area contributed by atoms with Crippen molar-refractivity contribution in [2.45, 2.75) is 19.9 Å². The molecule has 0 atom stereocenters. The van der Waals surface area contributed by atoms with Gasteiger partial charge < -0.3 is 15.7 Å². The van der Waals surface area contributed by atoms with Gasteiger partial charge in [-0.05, 0) is 6.42 Å². The van der Waals surface area contributed by atoms with Gasteiger partial charge in [0.2, 0.25) is 5.91 Å². The van der Waals surface area contributed by atoms with E-state index in [0.717, 1.165) is 10.4 Å². The molecule has 1 aromatic heterocycles. The van der Waals surface area contributed by atoms with E-state index >= 15 is 0 Å². The Balaban J connectivity index is 2.38. The number of carbonyl (C=O) groups is 2. The molecule has 0 aliphatic carbocycles. The first-order chi connectivity index (χ1) is 7.50. The number of rotatable bonds is 1. The quantitative estimate of drug-likeness (QED) is 0.765. The van der Waals surface area contributed by atoms with Gasteiger partial charge in [0, 0.05) is 30.5 Å². The van der Waals surface area contributed by atoms with Gasteiger partial charge in [0.25, 0.3) is 0 Å². The van der Waals surface area contributed by atoms with Crippen molar-refractivity contribution >= 4 is 28.9 Å². The van der Waals surface area contributed by atoms with E-state index in [-0.39, 0.29) is 10.8 Å². The van der Waals surface area contributed by atoms with Crippen LogP contribution in [0.2, 0.25) is 0 Å². The van der Waals surface area contributed by atoms with Gasteiger partial charge in [-0.1, -0.05) is 0 Å². The number of thiophene rings is 1. The Hall–Kier alpha value is -1.56. The van der Waals surface area contributed by atoms with Gasteiger partial charge in [-0.2, -0.15) is 0 Å². The minimum Gasteiger partial charge on any atom is -0.477 e. The summed E-state index contributed by atoms with van der Waals surface area (Å²) in [7, 11) is 0. The molecular formula is C10H12N2O3S. The van der Waals surface area contributed by atoms with Crippen molar-refractivity contribution in [3.05, 3.63) is 15.3 Å². The first kappa shape index (κ1) is 10.9. The fourth-order valence-electron chi connectivity index (χ4n) is 1.84. The van der Waals surface area contributed by atoms with Crippen molar-refractivity contribution in [3.63, 3.8) is 0 Å². The number of amides is 1. The predicted molar refractivity (Wildman–Crippen MR) is 60.5 cm³/mol. The van der Waals surface area contributed by atoms with Crippen LogP contribution in [0.3, 0.4) is 0 Å². The van der Waals surface area contributed by atoms with E-state index < -0.39 is 5.97 Å². The lowest BCUT2D eigenvalue weighted by Crippen LogP contribution is -2.33. The fourth-order valence-corrected chi connectivity index (χ4v) is 2.89. The van der Waals surface area contributed by atoms with Crippen LogP contribution < -0.4 is 5.73 Å². The molecule has 0 saturated carbocycles. The van der Waals surface area contributed by atoms with Gasteiger partial charge in [-0.3, -0.25) is 4.79 Å². The third-order valence-corrected chi connectivity index (χ3v) is 4.02. The molecule has 0 unspecified atom stereocenters. The Labute approximate surface area is 96.5 Å². The van der Waals surface area contributed by atoms with Gasteiger partial charge in [0.05, 0.1) is 5.69 Å². The summed E-state index contributed by atoms with van der Waals surface area (Å²) in [6, 6.07) is 0. The molecular weight excluding hydrogens is 228 g/mol. The molecule has 0 radical (unpaired) electrons. The second-order valence-electron chi connectivity index (χ2n) is 3.74. The van der Waals surface area contributed by atoms with Crippen molar-refractivity contribution in [1.29, 1.82) is 0 Å². The maximum Gasteiger partial charge on any atom is 0.348 e. The number of anilines is 1. The number of nitrogen functional groups attached to an aromatic ring is 1. The SMILES string of the molecule is CC(=O)N1CCc2sc(C(=O)O)c(N)c2C1. The Bertz CT molecular complexity index is 467. The van der Waals surface area contributed by atoms with E-state index in [4.69, 9.17) is 10.8 Å². The lowest BCUT2D eigenvalue weighted by molar-refractivity contribution is -0.129. The zero-order valence-electron chi connectivity index (χ0n) is 8.82. The molecule has 0 fully saturated rings. The number of hydrogen-bond acceptors (Lipinski definition) is 4. The highest BCUT2D eigenvalue weighted by atomic mass is 32.1. The maximum absolute atomic E-state index is 11.2. The second kappa shape index (κ2) is 3.79. The number of hydrogen-bond donors (Lipinski definition) is 2. The summed E-state index contributed by atoms with van der Waals surface area (Å²) in [6.45, 7) is 2.58. The summed E-state index contributed by atoms with van der Waals surface area (Å²) in [6.07, 6.45) is 0.692. The van der Waals surface area contributed by atoms with E-state index in [0.29, 0.717) is 25.2 Å². The van der Waals surface area contributed by atoms with Crippen LogP contribution in [0.25, 0.3) is 0 Å². The molecule has 0 aromatic carbocycles. The number of carboxylic acids is 1. The lowest BCUT2D eigenvalue weighted by Gasteiger charge is -2.25. The molecule has 0 spiro atoms. The summed E-state index contributed by atoms with van der Waals surface area (Å²) >= 11 is 1.22. The molecule has 16 heavy (non-hydrogen) atoms. The van der Waals surface area contributed by atoms with Crippen LogP contribution >= 0.6 is 11.3 Å². The average molecular weight is 240 g/mol. The van der Waals surface area contributed by atoms with Crippen LogP contribution in [0.1, 0.15) is 27.0 Å². The Morgan fingerprint density at radius 2 is 2.19 bits per heavy atom. The summed E-state index contributed by atoms with van der Waals surface area (Å²) in [5, 5.41) is 8.94. The number of carboxylic acid groups (broad SMARTS) is 1. The highest BCUT2D eigenvalue weighted by Gasteiger charge is 2.26. The molecule has 1 aliphatic rings. The van der Waals surface area contributed by atoms with Crippen LogP contribution in [-0.4, -0.2) is 28.4 Å². The smallest absolute Gasteiger partial charge is 0.348 e. The first-order valence-electron chi connectivity index (χ1n) is 4.89. The van der Waals surface area contributed by atoms with E-state index in [2.05, 4.69) is 0 Å². The van der Waals surface area contributed by atoms with Gasteiger partial charge in [-0.25, -0.2) is 4.79 Å². The average Bonchev–Trinajstić information content (AvgIpc) is 2.56. The molecule has 3 N–H and O–H groups in total. The molecule has 0 saturated heterocycles. The monoisotopic (exact) mass is 240 g/mol. The van der Waals surface area contributed by atoms with Crippen LogP contribution in [0.4, 0.5) is 5.69 Å². The van der Waals surface area contributed by atoms with Crippen molar-refractivity contribution in [3.8, 4) is 0 Å². The number of nitrogens with zero attached hydrogens (tertiary/aromatic N) is 1. The van der Waals surface area contributed by atoms with Gasteiger partial charge in [0.15, 0.2) is 0 Å². The minimum absolute atomic E-state index is 0.00637. The minimum atomic E-state index is -0.994. The number of fused-ring (bicyclic) bond motifs is 1. The Morgan fingerprint density at radius 3 is 2.75 bits per heavy atom. The van der Waals surface area contributed by atoms with Crippen LogP contribution in [-0.2, 0) is 17.8 Å². The molecule has 6 heteroatoms. The van der Waals surface area contributed by atoms with Crippen molar-refractivity contribution in [1.82, 2.24) is 4.90 Å². The van der Waals surface area contributed by atoms with Crippen LogP contribution in [0, 0.1) is 0 Å². The van der Waals surface area contributed by atoms with Gasteiger partial charge >= 0.3 is 5.97 Å². The highest BCUT2D eigenvalue weighted by Crippen LogP contribution is 2.35. The zero-order chi connectivity index (χ0) is 11.9. The molecule has 5 nitrogen and oxygen atoms in total. The molecule has 0 bridgehead atoms. The van der Waals surface area contributed by atoms with Gasteiger partial charge in [0.1, 0.15) is 4.88 Å². The topological polar surface area (TPSA) is 83.6 Å². The standard InChI is InChI=1S/C10H12N2O3S/c1-5(13)12-3-2-7-6(4-12)8(11)9(16-7)10(14)15/h2-4,11H2,1H3,(H,14,15). The van der Waals surface area contributed by atoms with E-state index in [1.54, 1.807) is 4.90 Å². The number of carbonyl (C=O) groups excluding carboxylic acids is 1. The van der Waals surface area contributed by atoms with E-state index in [9.17, 15) is 9.59 Å². The van der Waals surface area contributed by atoms with E-state index in [1.807, 2.05) is 0 Å². The normalized spacial score (nSPS) is 14.7. The van der Waals surface area contributed by atoms with E-state index in [1.165, 1.54) is 18.3 Å². The third kappa shape index (κ3) is 1.65. The fraction of sp³-hybridized carbons (Fsp3) is 0.400. The largest absolute Gasteiger partial charge is 0.477 e. The molecule has 2 heterocycles. The molecule has 1 aliphatic heterocycles. The highest BCUT2D eigenvalue weighted by molar-refractivity contribution is 7.14. The van der Waals surface area contributed by atoms with Crippen molar-refractivity contribution in [2.75, 3.05) is 12.3 Å². The van der Waals surface area contributed by atoms with Crippen molar-refractivity contribution in [2.24, 2.45) is 0 Å². The summed E-state index contributed by atoms with van der Waals surface area (Å²) in [4.78, 5) is 25.0. The third-order valence-electron chi connectivity index (χ3n) is 2.73. The lowest BCUT2D eigenvalue weighted by atomic mass is 10.1. The molecule has 1 amide bonds. The Morgan fingerprint density at radius 1 is 1.50 bits per heavy atom. The number of aromatic carboxylic acids is 1. The van der Waals surface area contributed by atoms with Crippen LogP contribution in [0.15, 0.2) is 0 Å². The number of nitrogens with two attached hydrogens (primary N) is 1. The summed E-state index contributed by atoms with van der Waals surface area (Å²) < 4.78 is 0. The van der Waals surface area contributed by atoms with Gasteiger partial charge in [-0.15, -0.1) is 11.3 Å².